The molecule has 0 saturated carbocycles. The van der Waals surface area contributed by atoms with E-state index >= 15 is 0 Å². The predicted octanol–water partition coefficient (Wildman–Crippen LogP) is 3.70. The van der Waals surface area contributed by atoms with Crippen LogP contribution in [-0.2, 0) is 0 Å². The molecule has 1 N–H and O–H groups in total. The van der Waals surface area contributed by atoms with Gasteiger partial charge >= 0.3 is 0 Å². The Balaban J connectivity index is 1.36. The van der Waals surface area contributed by atoms with Crippen LogP contribution in [0.25, 0.3) is 22.5 Å². The Hall–Kier alpha value is -3.22. The van der Waals surface area contributed by atoms with Gasteiger partial charge in [0.25, 0.3) is 5.89 Å². The number of aryl methyl sites for hydroxylation is 1. The van der Waals surface area contributed by atoms with Gasteiger partial charge in [0.2, 0.25) is 0 Å². The van der Waals surface area contributed by atoms with Gasteiger partial charge in [-0.15, -0.1) is 0 Å². The number of rotatable bonds is 3. The molecule has 0 radical (unpaired) electrons. The number of pyridine rings is 1. The summed E-state index contributed by atoms with van der Waals surface area (Å²) < 4.78 is 5.21. The number of anilines is 1. The van der Waals surface area contributed by atoms with Gasteiger partial charge in [0, 0.05) is 25.2 Å². The van der Waals surface area contributed by atoms with Gasteiger partial charge in [0.15, 0.2) is 5.82 Å². The Morgan fingerprint density at radius 1 is 1.15 bits per heavy atom. The fourth-order valence-electron chi connectivity index (χ4n) is 3.69. The molecule has 0 spiro atoms. The lowest BCUT2D eigenvalue weighted by molar-refractivity contribution is 0.425. The van der Waals surface area contributed by atoms with Crippen molar-refractivity contribution in [2.24, 2.45) is 0 Å². The predicted molar refractivity (Wildman–Crippen MR) is 103 cm³/mol. The highest BCUT2D eigenvalue weighted by Crippen LogP contribution is 2.29. The average Bonchev–Trinajstić information content (AvgIpc) is 3.34. The first kappa shape index (κ1) is 16.0. The lowest BCUT2D eigenvalue weighted by Crippen LogP contribution is -2.35. The fourth-order valence-corrected chi connectivity index (χ4v) is 3.69. The molecular formula is C20H20N6O. The standard InChI is InChI=1S/C20H20N6O/c1-13-22-20(27-25-13)14-8-9-18(21-11-14)26-10-4-5-15(12-26)19-23-16-6-2-3-7-17(16)24-19/h2-3,6-9,11,15H,4-5,10,12H2,1H3,(H,23,24)/t15-/m0/s1. The molecule has 4 heterocycles. The molecule has 4 aromatic rings. The maximum atomic E-state index is 5.21. The summed E-state index contributed by atoms with van der Waals surface area (Å²) in [6.07, 6.45) is 4.05. The number of nitrogens with one attached hydrogen (secondary N) is 1. The molecule has 1 aliphatic rings. The summed E-state index contributed by atoms with van der Waals surface area (Å²) in [6, 6.07) is 12.2. The van der Waals surface area contributed by atoms with Crippen LogP contribution in [0.3, 0.4) is 0 Å². The van der Waals surface area contributed by atoms with Crippen molar-refractivity contribution in [3.05, 3.63) is 54.2 Å². The van der Waals surface area contributed by atoms with Crippen LogP contribution < -0.4 is 4.90 Å². The van der Waals surface area contributed by atoms with Crippen LogP contribution in [0.15, 0.2) is 47.1 Å². The molecule has 27 heavy (non-hydrogen) atoms. The fraction of sp³-hybridized carbons (Fsp3) is 0.300. The van der Waals surface area contributed by atoms with Gasteiger partial charge in [-0.1, -0.05) is 17.3 Å². The van der Waals surface area contributed by atoms with Crippen molar-refractivity contribution in [2.45, 2.75) is 25.7 Å². The van der Waals surface area contributed by atoms with E-state index in [0.717, 1.165) is 54.2 Å². The second-order valence-corrected chi connectivity index (χ2v) is 6.98. The van der Waals surface area contributed by atoms with Gasteiger partial charge < -0.3 is 14.4 Å². The first-order valence-corrected chi connectivity index (χ1v) is 9.22. The number of nitrogens with zero attached hydrogens (tertiary/aromatic N) is 5. The number of aromatic nitrogens is 5. The summed E-state index contributed by atoms with van der Waals surface area (Å²) >= 11 is 0. The largest absolute Gasteiger partial charge is 0.356 e. The van der Waals surface area contributed by atoms with Gasteiger partial charge in [0.05, 0.1) is 16.6 Å². The molecule has 1 atom stereocenters. The zero-order valence-electron chi connectivity index (χ0n) is 15.1. The molecule has 1 aliphatic heterocycles. The van der Waals surface area contributed by atoms with Crippen molar-refractivity contribution in [3.63, 3.8) is 0 Å². The lowest BCUT2D eigenvalue weighted by atomic mass is 9.97. The third kappa shape index (κ3) is 3.05. The highest BCUT2D eigenvalue weighted by Gasteiger charge is 2.24. The van der Waals surface area contributed by atoms with Gasteiger partial charge in [0.1, 0.15) is 11.6 Å². The number of benzene rings is 1. The summed E-state index contributed by atoms with van der Waals surface area (Å²) in [5, 5.41) is 3.83. The Kier molecular flexibility index (Phi) is 3.85. The van der Waals surface area contributed by atoms with E-state index in [-0.39, 0.29) is 0 Å². The first-order chi connectivity index (χ1) is 13.3. The van der Waals surface area contributed by atoms with Crippen LogP contribution in [0.5, 0.6) is 0 Å². The molecular weight excluding hydrogens is 340 g/mol. The summed E-state index contributed by atoms with van der Waals surface area (Å²) in [5.41, 5.74) is 2.97. The number of fused-ring (bicyclic) bond motifs is 1. The molecule has 7 heteroatoms. The monoisotopic (exact) mass is 360 g/mol. The van der Waals surface area contributed by atoms with Gasteiger partial charge in [-0.05, 0) is 44.0 Å². The van der Waals surface area contributed by atoms with Crippen LogP contribution in [0.4, 0.5) is 5.82 Å². The molecule has 0 bridgehead atoms. The highest BCUT2D eigenvalue weighted by atomic mass is 16.5. The highest BCUT2D eigenvalue weighted by molar-refractivity contribution is 5.74. The van der Waals surface area contributed by atoms with Crippen molar-refractivity contribution in [2.75, 3.05) is 18.0 Å². The number of para-hydroxylation sites is 2. The molecule has 0 unspecified atom stereocenters. The lowest BCUT2D eigenvalue weighted by Gasteiger charge is -2.32. The second-order valence-electron chi connectivity index (χ2n) is 6.98. The van der Waals surface area contributed by atoms with Crippen LogP contribution in [-0.4, -0.2) is 38.2 Å². The van der Waals surface area contributed by atoms with Gasteiger partial charge in [-0.3, -0.25) is 0 Å². The number of piperidine rings is 1. The summed E-state index contributed by atoms with van der Waals surface area (Å²) in [4.78, 5) is 19.5. The van der Waals surface area contributed by atoms with Gasteiger partial charge in [-0.25, -0.2) is 9.97 Å². The number of H-pyrrole nitrogens is 1. The molecule has 1 aromatic carbocycles. The number of imidazole rings is 1. The minimum Gasteiger partial charge on any atom is -0.356 e. The minimum atomic E-state index is 0.381. The summed E-state index contributed by atoms with van der Waals surface area (Å²) in [5.74, 6) is 3.55. The van der Waals surface area contributed by atoms with Crippen molar-refractivity contribution in [1.82, 2.24) is 25.1 Å². The zero-order chi connectivity index (χ0) is 18.2. The molecule has 3 aromatic heterocycles. The smallest absolute Gasteiger partial charge is 0.259 e. The maximum absolute atomic E-state index is 5.21. The Morgan fingerprint density at radius 3 is 2.85 bits per heavy atom. The molecule has 0 aliphatic carbocycles. The molecule has 1 saturated heterocycles. The Labute approximate surface area is 156 Å². The molecule has 136 valence electrons. The van der Waals surface area contributed by atoms with E-state index in [1.165, 1.54) is 0 Å². The second kappa shape index (κ2) is 6.50. The van der Waals surface area contributed by atoms with E-state index < -0.39 is 0 Å². The Bertz CT molecular complexity index is 1030. The van der Waals surface area contributed by atoms with Crippen LogP contribution >= 0.6 is 0 Å². The summed E-state index contributed by atoms with van der Waals surface area (Å²) in [7, 11) is 0. The molecule has 7 nitrogen and oxygen atoms in total. The molecule has 0 amide bonds. The van der Waals surface area contributed by atoms with Gasteiger partial charge in [-0.2, -0.15) is 4.98 Å². The van der Waals surface area contributed by atoms with Crippen molar-refractivity contribution >= 4 is 16.9 Å². The maximum Gasteiger partial charge on any atom is 0.259 e. The van der Waals surface area contributed by atoms with Crippen molar-refractivity contribution in [1.29, 1.82) is 0 Å². The third-order valence-corrected chi connectivity index (χ3v) is 5.06. The molecule has 1 fully saturated rings. The first-order valence-electron chi connectivity index (χ1n) is 9.22. The zero-order valence-corrected chi connectivity index (χ0v) is 15.1. The van der Waals surface area contributed by atoms with Crippen molar-refractivity contribution < 1.29 is 4.52 Å². The van der Waals surface area contributed by atoms with E-state index in [1.807, 2.05) is 24.3 Å². The van der Waals surface area contributed by atoms with E-state index in [0.29, 0.717) is 17.6 Å². The van der Waals surface area contributed by atoms with Crippen LogP contribution in [0, 0.1) is 6.92 Å². The summed E-state index contributed by atoms with van der Waals surface area (Å²) in [6.45, 7) is 3.72. The number of aromatic amines is 1. The van der Waals surface area contributed by atoms with E-state index in [9.17, 15) is 0 Å². The van der Waals surface area contributed by atoms with Crippen LogP contribution in [0.1, 0.15) is 30.4 Å². The molecule has 5 rings (SSSR count). The van der Waals surface area contributed by atoms with E-state index in [1.54, 1.807) is 13.1 Å². The minimum absolute atomic E-state index is 0.381. The van der Waals surface area contributed by atoms with Crippen LogP contribution in [0.2, 0.25) is 0 Å². The Morgan fingerprint density at radius 2 is 2.07 bits per heavy atom. The van der Waals surface area contributed by atoms with E-state index in [4.69, 9.17) is 9.51 Å². The number of hydrogen-bond donors (Lipinski definition) is 1. The topological polar surface area (TPSA) is 83.7 Å². The van der Waals surface area contributed by atoms with E-state index in [2.05, 4.69) is 37.1 Å². The quantitative estimate of drug-likeness (QED) is 0.600. The van der Waals surface area contributed by atoms with Crippen molar-refractivity contribution in [3.8, 4) is 11.5 Å². The SMILES string of the molecule is Cc1noc(-c2ccc(N3CCC[C@H](c4nc5ccccc5[nH]4)C3)nc2)n1. The number of hydrogen-bond acceptors (Lipinski definition) is 6. The average molecular weight is 360 g/mol. The normalized spacial score (nSPS) is 17.5. The third-order valence-electron chi connectivity index (χ3n) is 5.06.